The number of halogens is 1. The van der Waals surface area contributed by atoms with E-state index in [1.165, 1.54) is 6.42 Å². The zero-order valence-corrected chi connectivity index (χ0v) is 8.05. The highest BCUT2D eigenvalue weighted by Crippen LogP contribution is 2.36. The Bertz CT molecular complexity index is 193. The summed E-state index contributed by atoms with van der Waals surface area (Å²) in [7, 11) is 0. The lowest BCUT2D eigenvalue weighted by Gasteiger charge is -2.33. The third-order valence-corrected chi connectivity index (χ3v) is 3.72. The molecule has 0 aliphatic carbocycles. The Hall–Kier alpha value is -0.0800. The van der Waals surface area contributed by atoms with Crippen LogP contribution in [0.4, 0.5) is 0 Å². The molecule has 0 N–H and O–H groups in total. The highest BCUT2D eigenvalue weighted by Gasteiger charge is 2.40. The summed E-state index contributed by atoms with van der Waals surface area (Å²) < 4.78 is 0. The van der Waals surface area contributed by atoms with Crippen LogP contribution in [0.1, 0.15) is 19.8 Å². The number of carbonyl (C=O) groups is 1. The summed E-state index contributed by atoms with van der Waals surface area (Å²) in [5.74, 6) is 0.821. The Balaban J connectivity index is 2.07. The summed E-state index contributed by atoms with van der Waals surface area (Å²) in [4.78, 5) is 13.4. The highest BCUT2D eigenvalue weighted by atomic mass is 35.5. The Kier molecular flexibility index (Phi) is 2.13. The van der Waals surface area contributed by atoms with Crippen molar-refractivity contribution in [3.8, 4) is 0 Å². The van der Waals surface area contributed by atoms with Crippen molar-refractivity contribution in [3.05, 3.63) is 0 Å². The number of fused-ring (bicyclic) bond motifs is 2. The van der Waals surface area contributed by atoms with E-state index in [0.29, 0.717) is 12.0 Å². The van der Waals surface area contributed by atoms with Crippen LogP contribution in [-0.4, -0.2) is 29.3 Å². The second kappa shape index (κ2) is 3.00. The van der Waals surface area contributed by atoms with Gasteiger partial charge in [-0.1, -0.05) is 0 Å². The molecule has 0 spiro atoms. The van der Waals surface area contributed by atoms with E-state index in [1.807, 2.05) is 0 Å². The van der Waals surface area contributed by atoms with Gasteiger partial charge in [-0.25, -0.2) is 0 Å². The van der Waals surface area contributed by atoms with Gasteiger partial charge in [-0.2, -0.15) is 0 Å². The molecule has 2 nitrogen and oxygen atoms in total. The molecule has 12 heavy (non-hydrogen) atoms. The summed E-state index contributed by atoms with van der Waals surface area (Å²) in [5.41, 5.74) is 0. The van der Waals surface area contributed by atoms with Crippen molar-refractivity contribution in [2.24, 2.45) is 11.8 Å². The van der Waals surface area contributed by atoms with Crippen molar-refractivity contribution in [1.29, 1.82) is 0 Å². The summed E-state index contributed by atoms with van der Waals surface area (Å²) in [6.45, 7) is 4.30. The van der Waals surface area contributed by atoms with Crippen molar-refractivity contribution in [2.45, 2.75) is 25.8 Å². The average Bonchev–Trinajstić information content (AvgIpc) is 2.30. The van der Waals surface area contributed by atoms with E-state index in [2.05, 4.69) is 11.8 Å². The first kappa shape index (κ1) is 8.52. The summed E-state index contributed by atoms with van der Waals surface area (Å²) in [6, 6.07) is 0.678. The Labute approximate surface area is 77.9 Å². The smallest absolute Gasteiger partial charge is 0.226 e. The van der Waals surface area contributed by atoms with Gasteiger partial charge in [0.25, 0.3) is 0 Å². The Morgan fingerprint density at radius 2 is 2.33 bits per heavy atom. The fourth-order valence-electron chi connectivity index (χ4n) is 2.53. The molecule has 2 aliphatic rings. The van der Waals surface area contributed by atoms with Gasteiger partial charge in [0.05, 0.1) is 0 Å². The van der Waals surface area contributed by atoms with Gasteiger partial charge in [0.15, 0.2) is 0 Å². The molecule has 2 aliphatic heterocycles. The molecule has 2 bridgehead atoms. The molecule has 0 radical (unpaired) electrons. The van der Waals surface area contributed by atoms with Crippen LogP contribution in [0.3, 0.4) is 0 Å². The topological polar surface area (TPSA) is 20.3 Å². The average molecular weight is 188 g/mol. The lowest BCUT2D eigenvalue weighted by molar-refractivity contribution is -0.117. The summed E-state index contributed by atoms with van der Waals surface area (Å²) in [6.07, 6.45) is 2.27. The minimum atomic E-state index is -0.140. The second-order valence-electron chi connectivity index (χ2n) is 4.02. The van der Waals surface area contributed by atoms with E-state index in [0.717, 1.165) is 19.5 Å². The van der Waals surface area contributed by atoms with Crippen molar-refractivity contribution < 1.29 is 4.79 Å². The quantitative estimate of drug-likeness (QED) is 0.580. The highest BCUT2D eigenvalue weighted by molar-refractivity contribution is 6.64. The van der Waals surface area contributed by atoms with Crippen molar-refractivity contribution in [2.75, 3.05) is 13.1 Å². The molecular weight excluding hydrogens is 174 g/mol. The van der Waals surface area contributed by atoms with E-state index in [9.17, 15) is 4.79 Å². The minimum absolute atomic E-state index is 0.107. The predicted octanol–water partition coefficient (Wildman–Crippen LogP) is 1.48. The molecule has 0 aromatic rings. The minimum Gasteiger partial charge on any atom is -0.300 e. The number of hydrogen-bond donors (Lipinski definition) is 0. The fourth-order valence-corrected chi connectivity index (χ4v) is 2.69. The molecular formula is C9H14ClNO. The van der Waals surface area contributed by atoms with E-state index in [4.69, 9.17) is 11.6 Å². The van der Waals surface area contributed by atoms with Crippen LogP contribution in [0.5, 0.6) is 0 Å². The van der Waals surface area contributed by atoms with Crippen LogP contribution in [-0.2, 0) is 4.79 Å². The number of carbonyl (C=O) groups excluding carboxylic acids is 1. The van der Waals surface area contributed by atoms with E-state index in [-0.39, 0.29) is 11.2 Å². The lowest BCUT2D eigenvalue weighted by Crippen LogP contribution is -2.41. The van der Waals surface area contributed by atoms with Crippen molar-refractivity contribution in [3.63, 3.8) is 0 Å². The van der Waals surface area contributed by atoms with Crippen LogP contribution in [0.25, 0.3) is 0 Å². The maximum absolute atomic E-state index is 11.0. The largest absolute Gasteiger partial charge is 0.300 e. The van der Waals surface area contributed by atoms with E-state index in [1.54, 1.807) is 0 Å². The van der Waals surface area contributed by atoms with Crippen molar-refractivity contribution in [1.82, 2.24) is 4.90 Å². The van der Waals surface area contributed by atoms with Crippen LogP contribution in [0.15, 0.2) is 0 Å². The van der Waals surface area contributed by atoms with Crippen molar-refractivity contribution >= 4 is 16.8 Å². The number of hydrogen-bond acceptors (Lipinski definition) is 2. The Morgan fingerprint density at radius 3 is 2.92 bits per heavy atom. The molecule has 0 saturated carbocycles. The third-order valence-electron chi connectivity index (χ3n) is 3.41. The van der Waals surface area contributed by atoms with Gasteiger partial charge >= 0.3 is 0 Å². The summed E-state index contributed by atoms with van der Waals surface area (Å²) in [5, 5.41) is -0.140. The standard InChI is InChI=1S/C9H14ClNO/c1-6-7-2-3-11(6)5-8(4-7)9(10)12/h6-8H,2-5H2,1H3. The zero-order chi connectivity index (χ0) is 8.72. The third kappa shape index (κ3) is 1.27. The van der Waals surface area contributed by atoms with Crippen LogP contribution < -0.4 is 0 Å². The SMILES string of the molecule is CC1C2CCN1CC(C(=O)Cl)C2. The van der Waals surface area contributed by atoms with Crippen LogP contribution in [0.2, 0.25) is 0 Å². The van der Waals surface area contributed by atoms with Gasteiger partial charge < -0.3 is 0 Å². The first-order valence-electron chi connectivity index (χ1n) is 4.62. The molecule has 0 aromatic carbocycles. The van der Waals surface area contributed by atoms with E-state index >= 15 is 0 Å². The number of rotatable bonds is 1. The van der Waals surface area contributed by atoms with Crippen LogP contribution >= 0.6 is 11.6 Å². The molecule has 2 heterocycles. The van der Waals surface area contributed by atoms with Crippen LogP contribution in [0, 0.1) is 11.8 Å². The normalized spacial score (nSPS) is 46.2. The maximum atomic E-state index is 11.0. The first-order chi connectivity index (χ1) is 5.68. The number of piperidine rings is 1. The van der Waals surface area contributed by atoms with Gasteiger partial charge in [0, 0.05) is 18.5 Å². The van der Waals surface area contributed by atoms with Gasteiger partial charge in [-0.15, -0.1) is 0 Å². The summed E-state index contributed by atoms with van der Waals surface area (Å²) >= 11 is 5.50. The Morgan fingerprint density at radius 1 is 1.58 bits per heavy atom. The fraction of sp³-hybridized carbons (Fsp3) is 0.889. The molecule has 68 valence electrons. The molecule has 3 heteroatoms. The monoisotopic (exact) mass is 187 g/mol. The molecule has 4 unspecified atom stereocenters. The second-order valence-corrected chi connectivity index (χ2v) is 4.39. The molecule has 0 aromatic heterocycles. The zero-order valence-electron chi connectivity index (χ0n) is 7.29. The molecule has 2 rings (SSSR count). The van der Waals surface area contributed by atoms with Gasteiger partial charge in [-0.05, 0) is 43.8 Å². The predicted molar refractivity (Wildman–Crippen MR) is 48.1 cm³/mol. The molecule has 4 atom stereocenters. The first-order valence-corrected chi connectivity index (χ1v) is 4.99. The lowest BCUT2D eigenvalue weighted by atomic mass is 9.87. The molecule has 0 amide bonds. The molecule has 2 saturated heterocycles. The van der Waals surface area contributed by atoms with Gasteiger partial charge in [-0.3, -0.25) is 9.69 Å². The van der Waals surface area contributed by atoms with Gasteiger partial charge in [0.2, 0.25) is 5.24 Å². The van der Waals surface area contributed by atoms with Gasteiger partial charge in [0.1, 0.15) is 0 Å². The number of nitrogens with zero attached hydrogens (tertiary/aromatic N) is 1. The van der Waals surface area contributed by atoms with E-state index < -0.39 is 0 Å². The maximum Gasteiger partial charge on any atom is 0.226 e. The molecule has 2 fully saturated rings.